The summed E-state index contributed by atoms with van der Waals surface area (Å²) in [7, 11) is -3.58. The van der Waals surface area contributed by atoms with Gasteiger partial charge in [-0.25, -0.2) is 13.1 Å². The molecule has 1 aromatic heterocycles. The van der Waals surface area contributed by atoms with Crippen LogP contribution in [-0.2, 0) is 16.6 Å². The number of hydrogen-bond donors (Lipinski definition) is 3. The van der Waals surface area contributed by atoms with Gasteiger partial charge in [0.1, 0.15) is 0 Å². The summed E-state index contributed by atoms with van der Waals surface area (Å²) in [6.07, 6.45) is 0. The highest BCUT2D eigenvalue weighted by molar-refractivity contribution is 7.89. The minimum absolute atomic E-state index is 0.126. The molecular weight excluding hydrogens is 206 g/mol. The van der Waals surface area contributed by atoms with Gasteiger partial charge in [0, 0.05) is 17.8 Å². The lowest BCUT2D eigenvalue weighted by Crippen LogP contribution is -2.24. The molecule has 0 aliphatic carbocycles. The summed E-state index contributed by atoms with van der Waals surface area (Å²) in [5, 5.41) is 15.0. The van der Waals surface area contributed by atoms with Gasteiger partial charge in [-0.3, -0.25) is 5.10 Å². The molecule has 0 spiro atoms. The highest BCUT2D eigenvalue weighted by Crippen LogP contribution is 2.15. The number of hydrogen-bond acceptors (Lipinski definition) is 4. The molecule has 0 bridgehead atoms. The number of nitrogens with zero attached hydrogens (tertiary/aromatic N) is 1. The average molecular weight is 219 g/mol. The average Bonchev–Trinajstić information content (AvgIpc) is 2.47. The van der Waals surface area contributed by atoms with Crippen molar-refractivity contribution in [3.8, 4) is 0 Å². The van der Waals surface area contributed by atoms with Crippen molar-refractivity contribution in [3.63, 3.8) is 0 Å². The molecule has 0 fully saturated rings. The molecule has 0 aliphatic rings. The van der Waals surface area contributed by atoms with Crippen LogP contribution in [0, 0.1) is 6.92 Å². The van der Waals surface area contributed by atoms with Gasteiger partial charge in [-0.1, -0.05) is 6.92 Å². The van der Waals surface area contributed by atoms with E-state index in [1.165, 1.54) is 0 Å². The second-order valence-electron chi connectivity index (χ2n) is 2.79. The number of sulfonamides is 1. The van der Waals surface area contributed by atoms with E-state index in [2.05, 4.69) is 14.9 Å². The molecule has 0 amide bonds. The molecule has 0 aliphatic heterocycles. The number of aromatic amines is 1. The van der Waals surface area contributed by atoms with Gasteiger partial charge in [-0.15, -0.1) is 0 Å². The van der Waals surface area contributed by atoms with Crippen molar-refractivity contribution in [2.75, 3.05) is 6.54 Å². The van der Waals surface area contributed by atoms with E-state index in [4.69, 9.17) is 5.11 Å². The van der Waals surface area contributed by atoms with Crippen LogP contribution in [0.2, 0.25) is 0 Å². The number of rotatable bonds is 4. The van der Waals surface area contributed by atoms with E-state index in [1.807, 2.05) is 0 Å². The zero-order valence-corrected chi connectivity index (χ0v) is 8.85. The van der Waals surface area contributed by atoms with Crippen molar-refractivity contribution >= 4 is 10.0 Å². The van der Waals surface area contributed by atoms with E-state index in [0.29, 0.717) is 17.8 Å². The molecule has 1 rings (SSSR count). The van der Waals surface area contributed by atoms with E-state index >= 15 is 0 Å². The molecular formula is C7H13N3O3S. The highest BCUT2D eigenvalue weighted by atomic mass is 32.2. The molecule has 0 radical (unpaired) electrons. The topological polar surface area (TPSA) is 95.1 Å². The van der Waals surface area contributed by atoms with Crippen molar-refractivity contribution in [2.24, 2.45) is 0 Å². The minimum atomic E-state index is -3.58. The van der Waals surface area contributed by atoms with E-state index in [0.717, 1.165) is 0 Å². The molecule has 0 saturated heterocycles. The van der Waals surface area contributed by atoms with E-state index in [9.17, 15) is 8.42 Å². The lowest BCUT2D eigenvalue weighted by atomic mass is 10.3. The maximum atomic E-state index is 11.5. The Labute approximate surface area is 82.4 Å². The lowest BCUT2D eigenvalue weighted by Gasteiger charge is -2.02. The summed E-state index contributed by atoms with van der Waals surface area (Å²) >= 11 is 0. The normalized spacial score (nSPS) is 11.9. The number of H-pyrrole nitrogens is 1. The first kappa shape index (κ1) is 11.2. The Hall–Kier alpha value is -0.920. The fourth-order valence-electron chi connectivity index (χ4n) is 1.10. The molecule has 0 unspecified atom stereocenters. The zero-order chi connectivity index (χ0) is 10.8. The number of aryl methyl sites for hydroxylation is 1. The fraction of sp³-hybridized carbons (Fsp3) is 0.571. The van der Waals surface area contributed by atoms with Crippen LogP contribution in [0.3, 0.4) is 0 Å². The summed E-state index contributed by atoms with van der Waals surface area (Å²) in [5.41, 5.74) is 0.870. The number of aliphatic hydroxyl groups is 1. The SMILES string of the molecule is CCNS(=O)(=O)c1n[nH]c(C)c1CO. The van der Waals surface area contributed by atoms with Gasteiger partial charge in [-0.05, 0) is 6.92 Å². The minimum Gasteiger partial charge on any atom is -0.392 e. The molecule has 0 saturated carbocycles. The summed E-state index contributed by atoms with van der Waals surface area (Å²) in [6.45, 7) is 3.28. The van der Waals surface area contributed by atoms with Crippen LogP contribution in [0.5, 0.6) is 0 Å². The monoisotopic (exact) mass is 219 g/mol. The van der Waals surface area contributed by atoms with Gasteiger partial charge < -0.3 is 5.11 Å². The third-order valence-corrected chi connectivity index (χ3v) is 3.30. The van der Waals surface area contributed by atoms with Crippen molar-refractivity contribution in [1.29, 1.82) is 0 Å². The van der Waals surface area contributed by atoms with Gasteiger partial charge in [-0.2, -0.15) is 5.10 Å². The Balaban J connectivity index is 3.19. The summed E-state index contributed by atoms with van der Waals surface area (Å²) in [6, 6.07) is 0. The Bertz CT molecular complexity index is 410. The zero-order valence-electron chi connectivity index (χ0n) is 8.03. The first-order valence-corrected chi connectivity index (χ1v) is 5.65. The summed E-state index contributed by atoms with van der Waals surface area (Å²) in [4.78, 5) is 0. The lowest BCUT2D eigenvalue weighted by molar-refractivity contribution is 0.277. The van der Waals surface area contributed by atoms with Gasteiger partial charge >= 0.3 is 0 Å². The van der Waals surface area contributed by atoms with Crippen LogP contribution < -0.4 is 4.72 Å². The first-order chi connectivity index (χ1) is 6.53. The van der Waals surface area contributed by atoms with Crippen molar-refractivity contribution < 1.29 is 13.5 Å². The molecule has 1 heterocycles. The van der Waals surface area contributed by atoms with Crippen LogP contribution >= 0.6 is 0 Å². The van der Waals surface area contributed by atoms with E-state index < -0.39 is 10.0 Å². The Morgan fingerprint density at radius 1 is 1.57 bits per heavy atom. The third kappa shape index (κ3) is 1.94. The first-order valence-electron chi connectivity index (χ1n) is 4.17. The molecule has 6 nitrogen and oxygen atoms in total. The maximum absolute atomic E-state index is 11.5. The quantitative estimate of drug-likeness (QED) is 0.636. The standard InChI is InChI=1S/C7H13N3O3S/c1-3-8-14(12,13)7-6(4-11)5(2)9-10-7/h8,11H,3-4H2,1-2H3,(H,9,10). The smallest absolute Gasteiger partial charge is 0.260 e. The molecule has 0 atom stereocenters. The molecule has 14 heavy (non-hydrogen) atoms. The third-order valence-electron chi connectivity index (χ3n) is 1.78. The van der Waals surface area contributed by atoms with Crippen LogP contribution in [0.1, 0.15) is 18.2 Å². The molecule has 0 aromatic carbocycles. The van der Waals surface area contributed by atoms with Crippen LogP contribution in [-0.4, -0.2) is 30.3 Å². The predicted octanol–water partition coefficient (Wildman–Crippen LogP) is -0.491. The number of nitrogens with one attached hydrogen (secondary N) is 2. The van der Waals surface area contributed by atoms with Gasteiger partial charge in [0.2, 0.25) is 0 Å². The molecule has 7 heteroatoms. The van der Waals surface area contributed by atoms with Crippen molar-refractivity contribution in [2.45, 2.75) is 25.5 Å². The molecule has 3 N–H and O–H groups in total. The van der Waals surface area contributed by atoms with Crippen LogP contribution in [0.15, 0.2) is 5.03 Å². The van der Waals surface area contributed by atoms with Crippen LogP contribution in [0.25, 0.3) is 0 Å². The second kappa shape index (κ2) is 4.07. The molecule has 1 aromatic rings. The molecule has 80 valence electrons. The van der Waals surface area contributed by atoms with Gasteiger partial charge in [0.25, 0.3) is 10.0 Å². The number of aliphatic hydroxyl groups excluding tert-OH is 1. The van der Waals surface area contributed by atoms with E-state index in [1.54, 1.807) is 13.8 Å². The fourth-order valence-corrected chi connectivity index (χ4v) is 2.32. The van der Waals surface area contributed by atoms with E-state index in [-0.39, 0.29) is 11.6 Å². The Kier molecular flexibility index (Phi) is 3.25. The maximum Gasteiger partial charge on any atom is 0.260 e. The second-order valence-corrected chi connectivity index (χ2v) is 4.47. The number of aromatic nitrogens is 2. The van der Waals surface area contributed by atoms with Crippen LogP contribution in [0.4, 0.5) is 0 Å². The Morgan fingerprint density at radius 2 is 2.21 bits per heavy atom. The largest absolute Gasteiger partial charge is 0.392 e. The highest BCUT2D eigenvalue weighted by Gasteiger charge is 2.22. The predicted molar refractivity (Wildman–Crippen MR) is 50.1 cm³/mol. The van der Waals surface area contributed by atoms with Gasteiger partial charge in [0.15, 0.2) is 5.03 Å². The Morgan fingerprint density at radius 3 is 2.71 bits per heavy atom. The summed E-state index contributed by atoms with van der Waals surface area (Å²) in [5.74, 6) is 0. The van der Waals surface area contributed by atoms with Crippen molar-refractivity contribution in [1.82, 2.24) is 14.9 Å². The van der Waals surface area contributed by atoms with Gasteiger partial charge in [0.05, 0.1) is 6.61 Å². The van der Waals surface area contributed by atoms with Crippen molar-refractivity contribution in [3.05, 3.63) is 11.3 Å². The summed E-state index contributed by atoms with van der Waals surface area (Å²) < 4.78 is 25.3.